The van der Waals surface area contributed by atoms with Crippen molar-refractivity contribution in [1.29, 1.82) is 0 Å². The quantitative estimate of drug-likeness (QED) is 0.215. The van der Waals surface area contributed by atoms with E-state index in [4.69, 9.17) is 14.5 Å². The summed E-state index contributed by atoms with van der Waals surface area (Å²) in [5.41, 5.74) is -0.291. The number of carbonyl (C=O) groups excluding carboxylic acids is 2. The molecule has 0 aliphatic carbocycles. The van der Waals surface area contributed by atoms with Gasteiger partial charge in [0, 0.05) is 34.8 Å². The van der Waals surface area contributed by atoms with Crippen molar-refractivity contribution in [3.05, 3.63) is 82.4 Å². The molecule has 3 heterocycles. The number of rotatable bonds is 9. The van der Waals surface area contributed by atoms with Crippen molar-refractivity contribution < 1.29 is 33.7 Å². The van der Waals surface area contributed by atoms with Crippen LogP contribution in [0.4, 0.5) is 4.39 Å². The highest BCUT2D eigenvalue weighted by atomic mass is 19.1. The molecule has 0 bridgehead atoms. The Morgan fingerprint density at radius 1 is 1.07 bits per heavy atom. The minimum Gasteiger partial charge on any atom is -0.494 e. The van der Waals surface area contributed by atoms with Crippen LogP contribution in [0.25, 0.3) is 22.2 Å². The lowest BCUT2D eigenvalue weighted by Gasteiger charge is -2.28. The third-order valence-corrected chi connectivity index (χ3v) is 8.20. The van der Waals surface area contributed by atoms with Crippen LogP contribution in [0.15, 0.2) is 48.7 Å². The van der Waals surface area contributed by atoms with E-state index in [1.807, 2.05) is 13.0 Å². The van der Waals surface area contributed by atoms with E-state index in [0.29, 0.717) is 45.0 Å². The summed E-state index contributed by atoms with van der Waals surface area (Å²) < 4.78 is 25.8. The molecule has 1 aliphatic rings. The molecule has 2 atom stereocenters. The largest absolute Gasteiger partial charge is 0.494 e. The molecule has 0 saturated carbocycles. The second kappa shape index (κ2) is 12.0. The van der Waals surface area contributed by atoms with Gasteiger partial charge in [0.25, 0.3) is 5.91 Å². The Morgan fingerprint density at radius 2 is 1.80 bits per heavy atom. The van der Waals surface area contributed by atoms with Gasteiger partial charge < -0.3 is 30.3 Å². The van der Waals surface area contributed by atoms with Crippen LogP contribution in [0.3, 0.4) is 0 Å². The third-order valence-electron chi connectivity index (χ3n) is 8.20. The fourth-order valence-corrected chi connectivity index (χ4v) is 5.38. The van der Waals surface area contributed by atoms with E-state index in [9.17, 15) is 24.2 Å². The van der Waals surface area contributed by atoms with Crippen molar-refractivity contribution in [2.75, 3.05) is 26.8 Å². The molecule has 0 saturated heterocycles. The molecule has 10 nitrogen and oxygen atoms in total. The first-order valence-corrected chi connectivity index (χ1v) is 14.9. The van der Waals surface area contributed by atoms with E-state index in [1.165, 1.54) is 20.1 Å². The highest BCUT2D eigenvalue weighted by molar-refractivity contribution is 6.00. The number of fused-ring (bicyclic) bond motifs is 2. The number of aryl methyl sites for hydroxylation is 2. The number of nitrogens with one attached hydrogen (secondary N) is 2. The van der Waals surface area contributed by atoms with E-state index in [1.54, 1.807) is 64.2 Å². The summed E-state index contributed by atoms with van der Waals surface area (Å²) in [6, 6.07) is 11.3. The Bertz CT molecular complexity index is 1850. The van der Waals surface area contributed by atoms with Gasteiger partial charge in [0.2, 0.25) is 5.91 Å². The highest BCUT2D eigenvalue weighted by Gasteiger charge is 2.46. The molecular weight excluding hydrogens is 591 g/mol. The van der Waals surface area contributed by atoms with Gasteiger partial charge in [-0.15, -0.1) is 0 Å². The van der Waals surface area contributed by atoms with Gasteiger partial charge in [-0.05, 0) is 95.1 Å². The molecule has 0 radical (unpaired) electrons. The van der Waals surface area contributed by atoms with Crippen molar-refractivity contribution in [1.82, 2.24) is 20.6 Å². The predicted molar refractivity (Wildman–Crippen MR) is 171 cm³/mol. The fourth-order valence-electron chi connectivity index (χ4n) is 5.38. The Kier molecular flexibility index (Phi) is 8.52. The number of carbonyl (C=O) groups is 2. The molecule has 0 unspecified atom stereocenters. The van der Waals surface area contributed by atoms with Gasteiger partial charge in [0.1, 0.15) is 46.1 Å². The first kappa shape index (κ1) is 32.8. The van der Waals surface area contributed by atoms with E-state index in [-0.39, 0.29) is 37.1 Å². The summed E-state index contributed by atoms with van der Waals surface area (Å²) in [4.78, 5) is 36.0. The number of hydrogen-bond donors (Lipinski definition) is 4. The number of hydrogen-bond acceptors (Lipinski definition) is 8. The summed E-state index contributed by atoms with van der Waals surface area (Å²) in [6.45, 7) is 9.69. The topological polar surface area (TPSA) is 143 Å². The molecule has 5 rings (SSSR count). The number of ether oxygens (including phenoxy) is 2. The zero-order chi connectivity index (χ0) is 33.6. The van der Waals surface area contributed by atoms with Crippen LogP contribution in [-0.2, 0) is 15.8 Å². The highest BCUT2D eigenvalue weighted by Crippen LogP contribution is 2.46. The minimum atomic E-state index is -1.71. The second-order valence-corrected chi connectivity index (χ2v) is 13.0. The molecule has 242 valence electrons. The SMILES string of the molecule is COc1cc(C(=O)NC[C@](C)(O)c2cc3c(c(-c4ccc(F)c(C)c4)n2)OC[C@]3(C)C(=O)NCC(C)(C)O)cc2cc(C)cnc12. The van der Waals surface area contributed by atoms with Crippen LogP contribution >= 0.6 is 0 Å². The van der Waals surface area contributed by atoms with Gasteiger partial charge in [0.15, 0.2) is 0 Å². The monoisotopic (exact) mass is 630 g/mol. The van der Waals surface area contributed by atoms with Crippen molar-refractivity contribution in [3.8, 4) is 22.8 Å². The number of nitrogens with zero attached hydrogens (tertiary/aromatic N) is 2. The average molecular weight is 631 g/mol. The molecule has 1 aliphatic heterocycles. The van der Waals surface area contributed by atoms with Gasteiger partial charge in [-0.2, -0.15) is 0 Å². The van der Waals surface area contributed by atoms with Crippen LogP contribution < -0.4 is 20.1 Å². The van der Waals surface area contributed by atoms with Crippen LogP contribution in [0.1, 0.15) is 60.4 Å². The first-order chi connectivity index (χ1) is 21.5. The van der Waals surface area contributed by atoms with E-state index in [0.717, 1.165) is 10.9 Å². The Balaban J connectivity index is 1.51. The van der Waals surface area contributed by atoms with Crippen LogP contribution in [0.5, 0.6) is 11.5 Å². The molecule has 4 aromatic rings. The summed E-state index contributed by atoms with van der Waals surface area (Å²) >= 11 is 0. The van der Waals surface area contributed by atoms with Gasteiger partial charge in [-0.1, -0.05) is 0 Å². The van der Waals surface area contributed by atoms with E-state index in [2.05, 4.69) is 15.6 Å². The summed E-state index contributed by atoms with van der Waals surface area (Å²) in [7, 11) is 1.50. The fraction of sp³-hybridized carbons (Fsp3) is 0.371. The Labute approximate surface area is 267 Å². The number of aliphatic hydroxyl groups is 2. The summed E-state index contributed by atoms with van der Waals surface area (Å²) in [6.07, 6.45) is 1.72. The maximum atomic E-state index is 14.2. The molecule has 2 aromatic heterocycles. The van der Waals surface area contributed by atoms with E-state index >= 15 is 0 Å². The summed E-state index contributed by atoms with van der Waals surface area (Å²) in [5, 5.41) is 28.3. The van der Waals surface area contributed by atoms with Crippen molar-refractivity contribution in [2.24, 2.45) is 0 Å². The Morgan fingerprint density at radius 3 is 2.48 bits per heavy atom. The lowest BCUT2D eigenvalue weighted by molar-refractivity contribution is -0.127. The van der Waals surface area contributed by atoms with E-state index < -0.39 is 22.5 Å². The maximum absolute atomic E-state index is 14.2. The summed E-state index contributed by atoms with van der Waals surface area (Å²) in [5.74, 6) is -0.440. The van der Waals surface area contributed by atoms with Crippen LogP contribution in [0, 0.1) is 19.7 Å². The number of amides is 2. The van der Waals surface area contributed by atoms with Gasteiger partial charge >= 0.3 is 0 Å². The maximum Gasteiger partial charge on any atom is 0.251 e. The molecule has 46 heavy (non-hydrogen) atoms. The predicted octanol–water partition coefficient (Wildman–Crippen LogP) is 4.24. The number of aromatic nitrogens is 2. The molecule has 0 fully saturated rings. The Hall–Kier alpha value is -4.61. The van der Waals surface area contributed by atoms with Crippen molar-refractivity contribution in [2.45, 2.75) is 58.2 Å². The van der Waals surface area contributed by atoms with Gasteiger partial charge in [-0.25, -0.2) is 9.37 Å². The number of pyridine rings is 2. The lowest BCUT2D eigenvalue weighted by Crippen LogP contribution is -2.48. The third kappa shape index (κ3) is 6.38. The molecular formula is C35H39FN4O6. The lowest BCUT2D eigenvalue weighted by atomic mass is 9.81. The van der Waals surface area contributed by atoms with Gasteiger partial charge in [-0.3, -0.25) is 14.6 Å². The van der Waals surface area contributed by atoms with Crippen molar-refractivity contribution in [3.63, 3.8) is 0 Å². The van der Waals surface area contributed by atoms with Gasteiger partial charge in [0.05, 0.1) is 24.9 Å². The number of benzene rings is 2. The second-order valence-electron chi connectivity index (χ2n) is 13.0. The van der Waals surface area contributed by atoms with Crippen LogP contribution in [0.2, 0.25) is 0 Å². The van der Waals surface area contributed by atoms with Crippen molar-refractivity contribution >= 4 is 22.7 Å². The first-order valence-electron chi connectivity index (χ1n) is 14.9. The standard InChI is InChI=1S/C35H39FN4O6/c1-19-10-22-12-23(13-26(45-7)28(22)37-15-19)31(41)38-17-35(6,44)27-14-24-30(29(40-27)21-8-9-25(36)20(2)11-21)46-18-34(24,5)32(42)39-16-33(3,4)43/h8-15,43-44H,16-18H2,1-7H3,(H,38,41)(H,39,42)/t34-,35-/m0/s1. The molecule has 2 amide bonds. The molecule has 2 aromatic carbocycles. The zero-order valence-corrected chi connectivity index (χ0v) is 27.0. The normalized spacial score (nSPS) is 17.2. The number of methoxy groups -OCH3 is 1. The average Bonchev–Trinajstić information content (AvgIpc) is 3.35. The molecule has 4 N–H and O–H groups in total. The minimum absolute atomic E-state index is 0.0116. The molecule has 0 spiro atoms. The number of halogens is 1. The zero-order valence-electron chi connectivity index (χ0n) is 27.0. The smallest absolute Gasteiger partial charge is 0.251 e. The van der Waals surface area contributed by atoms with Crippen LogP contribution in [-0.4, -0.2) is 64.4 Å². The molecule has 11 heteroatoms.